The lowest BCUT2D eigenvalue weighted by molar-refractivity contribution is 0.0533. The lowest BCUT2D eigenvalue weighted by Crippen LogP contribution is -2.28. The topological polar surface area (TPSA) is 51.5 Å². The molecule has 0 spiro atoms. The van der Waals surface area contributed by atoms with E-state index in [1.807, 2.05) is 0 Å². The second-order valence-electron chi connectivity index (χ2n) is 5.43. The van der Waals surface area contributed by atoms with Crippen LogP contribution in [0.3, 0.4) is 0 Å². The zero-order chi connectivity index (χ0) is 15.1. The predicted molar refractivity (Wildman–Crippen MR) is 74.5 cm³/mol. The Morgan fingerprint density at radius 1 is 1.40 bits per heavy atom. The maximum Gasteiger partial charge on any atom is 0.419 e. The van der Waals surface area contributed by atoms with Crippen LogP contribution in [0.5, 0.6) is 0 Å². The third-order valence-electron chi connectivity index (χ3n) is 2.66. The van der Waals surface area contributed by atoms with Crippen molar-refractivity contribution in [3.63, 3.8) is 0 Å². The van der Waals surface area contributed by atoms with Gasteiger partial charge in [-0.1, -0.05) is 11.6 Å². The fourth-order valence-electron chi connectivity index (χ4n) is 1.90. The third kappa shape index (κ3) is 2.78. The molecule has 20 heavy (non-hydrogen) atoms. The first-order valence-electron chi connectivity index (χ1n) is 6.06. The molecule has 2 rings (SSSR count). The minimum atomic E-state index is -0.689. The van der Waals surface area contributed by atoms with Crippen LogP contribution >= 0.6 is 11.6 Å². The average Bonchev–Trinajstić information content (AvgIpc) is 2.65. The van der Waals surface area contributed by atoms with Crippen LogP contribution in [-0.2, 0) is 11.3 Å². The summed E-state index contributed by atoms with van der Waals surface area (Å²) >= 11 is 5.72. The van der Waals surface area contributed by atoms with Gasteiger partial charge in [-0.15, -0.1) is 0 Å². The summed E-state index contributed by atoms with van der Waals surface area (Å²) in [7, 11) is 0. The van der Waals surface area contributed by atoms with Crippen molar-refractivity contribution in [1.29, 1.82) is 0 Å². The maximum atomic E-state index is 13.6. The summed E-state index contributed by atoms with van der Waals surface area (Å²) in [4.78, 5) is 12.2. The molecule has 0 bridgehead atoms. The van der Waals surface area contributed by atoms with Crippen molar-refractivity contribution < 1.29 is 19.0 Å². The molecular weight excluding hydrogens is 285 g/mol. The Balaban J connectivity index is 2.61. The quantitative estimate of drug-likeness (QED) is 0.873. The standard InChI is InChI=1S/C14H15ClFNO3/c1-14(2,3)20-13(19)17-9(7-18)4-8-5-10(15)11(16)6-12(8)17/h4-6,18H,7H2,1-3H3. The highest BCUT2D eigenvalue weighted by molar-refractivity contribution is 6.31. The summed E-state index contributed by atoms with van der Waals surface area (Å²) in [5.74, 6) is -0.633. The number of carbonyl (C=O) groups is 1. The fraction of sp³-hybridized carbons (Fsp3) is 0.357. The Kier molecular flexibility index (Phi) is 3.75. The summed E-state index contributed by atoms with van der Waals surface area (Å²) in [6.45, 7) is 4.82. The number of aromatic nitrogens is 1. The number of aliphatic hydroxyl groups excluding tert-OH is 1. The first kappa shape index (κ1) is 14.8. The molecule has 1 aromatic carbocycles. The van der Waals surface area contributed by atoms with Crippen LogP contribution in [0.2, 0.25) is 5.02 Å². The van der Waals surface area contributed by atoms with Crippen molar-refractivity contribution in [2.75, 3.05) is 0 Å². The van der Waals surface area contributed by atoms with Crippen LogP contribution in [0.15, 0.2) is 18.2 Å². The van der Waals surface area contributed by atoms with Crippen LogP contribution in [-0.4, -0.2) is 21.4 Å². The zero-order valence-electron chi connectivity index (χ0n) is 11.4. The van der Waals surface area contributed by atoms with Gasteiger partial charge in [-0.25, -0.2) is 13.8 Å². The first-order chi connectivity index (χ1) is 9.23. The SMILES string of the molecule is CC(C)(C)OC(=O)n1c(CO)cc2cc(Cl)c(F)cc21. The van der Waals surface area contributed by atoms with Crippen LogP contribution in [0.25, 0.3) is 10.9 Å². The van der Waals surface area contributed by atoms with Crippen molar-refractivity contribution >= 4 is 28.6 Å². The first-order valence-corrected chi connectivity index (χ1v) is 6.44. The highest BCUT2D eigenvalue weighted by atomic mass is 35.5. The number of nitrogens with zero attached hydrogens (tertiary/aromatic N) is 1. The van der Waals surface area contributed by atoms with E-state index in [-0.39, 0.29) is 11.6 Å². The molecule has 0 aliphatic heterocycles. The summed E-state index contributed by atoms with van der Waals surface area (Å²) in [5, 5.41) is 9.87. The fourth-order valence-corrected chi connectivity index (χ4v) is 2.07. The number of fused-ring (bicyclic) bond motifs is 1. The molecule has 0 saturated carbocycles. The lowest BCUT2D eigenvalue weighted by Gasteiger charge is -2.20. The third-order valence-corrected chi connectivity index (χ3v) is 2.95. The number of carbonyl (C=O) groups excluding carboxylic acids is 1. The molecule has 0 fully saturated rings. The molecule has 0 saturated heterocycles. The molecular formula is C14H15ClFNO3. The van der Waals surface area contributed by atoms with Gasteiger partial charge in [0, 0.05) is 11.5 Å². The van der Waals surface area contributed by atoms with Crippen molar-refractivity contribution in [3.8, 4) is 0 Å². The van der Waals surface area contributed by atoms with E-state index in [0.717, 1.165) is 10.6 Å². The van der Waals surface area contributed by atoms with Gasteiger partial charge in [-0.05, 0) is 32.9 Å². The van der Waals surface area contributed by atoms with Crippen molar-refractivity contribution in [1.82, 2.24) is 4.57 Å². The second kappa shape index (κ2) is 5.07. The van der Waals surface area contributed by atoms with Crippen LogP contribution in [0.4, 0.5) is 9.18 Å². The minimum Gasteiger partial charge on any atom is -0.443 e. The Labute approximate surface area is 120 Å². The number of hydrogen-bond acceptors (Lipinski definition) is 3. The molecule has 2 aromatic rings. The van der Waals surface area contributed by atoms with Crippen molar-refractivity contribution in [2.45, 2.75) is 33.0 Å². The molecule has 1 heterocycles. The molecule has 0 unspecified atom stereocenters. The molecule has 0 radical (unpaired) electrons. The number of ether oxygens (including phenoxy) is 1. The Morgan fingerprint density at radius 2 is 2.05 bits per heavy atom. The highest BCUT2D eigenvalue weighted by Gasteiger charge is 2.22. The van der Waals surface area contributed by atoms with Gasteiger partial charge >= 0.3 is 6.09 Å². The van der Waals surface area contributed by atoms with E-state index in [4.69, 9.17) is 16.3 Å². The normalized spacial score (nSPS) is 11.9. The second-order valence-corrected chi connectivity index (χ2v) is 5.84. The van der Waals surface area contributed by atoms with E-state index in [2.05, 4.69) is 0 Å². The maximum absolute atomic E-state index is 13.6. The predicted octanol–water partition coefficient (Wildman–Crippen LogP) is 3.71. The number of halogens is 2. The summed E-state index contributed by atoms with van der Waals surface area (Å²) < 4.78 is 20.0. The molecule has 0 aliphatic rings. The van der Waals surface area contributed by atoms with Gasteiger partial charge < -0.3 is 9.84 Å². The number of aliphatic hydroxyl groups is 1. The van der Waals surface area contributed by atoms with Gasteiger partial charge in [0.15, 0.2) is 0 Å². The summed E-state index contributed by atoms with van der Waals surface area (Å²) in [6, 6.07) is 4.14. The molecule has 1 aromatic heterocycles. The molecule has 0 aliphatic carbocycles. The Morgan fingerprint density at radius 3 is 2.60 bits per heavy atom. The summed E-state index contributed by atoms with van der Waals surface area (Å²) in [5.41, 5.74) is -0.0631. The highest BCUT2D eigenvalue weighted by Crippen LogP contribution is 2.27. The van der Waals surface area contributed by atoms with E-state index < -0.39 is 17.5 Å². The van der Waals surface area contributed by atoms with Crippen LogP contribution < -0.4 is 0 Å². The number of rotatable bonds is 1. The number of hydrogen-bond donors (Lipinski definition) is 1. The van der Waals surface area contributed by atoms with Gasteiger partial charge in [0.05, 0.1) is 22.8 Å². The lowest BCUT2D eigenvalue weighted by atomic mass is 10.2. The summed E-state index contributed by atoms with van der Waals surface area (Å²) in [6.07, 6.45) is -0.668. The van der Waals surface area contributed by atoms with Crippen molar-refractivity contribution in [3.05, 3.63) is 34.7 Å². The van der Waals surface area contributed by atoms with E-state index >= 15 is 0 Å². The molecule has 1 N–H and O–H groups in total. The molecule has 108 valence electrons. The van der Waals surface area contributed by atoms with Crippen LogP contribution in [0.1, 0.15) is 26.5 Å². The van der Waals surface area contributed by atoms with Gasteiger partial charge in [0.2, 0.25) is 0 Å². The van der Waals surface area contributed by atoms with E-state index in [1.54, 1.807) is 26.8 Å². The van der Waals surface area contributed by atoms with Crippen molar-refractivity contribution in [2.24, 2.45) is 0 Å². The molecule has 6 heteroatoms. The Bertz CT molecular complexity index is 673. The number of benzene rings is 1. The molecule has 4 nitrogen and oxygen atoms in total. The van der Waals surface area contributed by atoms with Gasteiger partial charge in [0.1, 0.15) is 11.4 Å². The average molecular weight is 300 g/mol. The molecule has 0 atom stereocenters. The minimum absolute atomic E-state index is 0.0386. The van der Waals surface area contributed by atoms with Crippen LogP contribution in [0, 0.1) is 5.82 Å². The van der Waals surface area contributed by atoms with Gasteiger partial charge in [-0.2, -0.15) is 0 Å². The molecule has 0 amide bonds. The van der Waals surface area contributed by atoms with E-state index in [0.29, 0.717) is 16.6 Å². The zero-order valence-corrected chi connectivity index (χ0v) is 12.2. The largest absolute Gasteiger partial charge is 0.443 e. The smallest absolute Gasteiger partial charge is 0.419 e. The van der Waals surface area contributed by atoms with Gasteiger partial charge in [0.25, 0.3) is 0 Å². The van der Waals surface area contributed by atoms with E-state index in [1.165, 1.54) is 6.07 Å². The monoisotopic (exact) mass is 299 g/mol. The Hall–Kier alpha value is -1.59. The van der Waals surface area contributed by atoms with Gasteiger partial charge in [-0.3, -0.25) is 0 Å². The van der Waals surface area contributed by atoms with E-state index in [9.17, 15) is 14.3 Å².